The summed E-state index contributed by atoms with van der Waals surface area (Å²) in [5.74, 6) is 0.625. The molecule has 0 spiro atoms. The number of aryl methyl sites for hydroxylation is 1. The van der Waals surface area contributed by atoms with Crippen LogP contribution in [0.5, 0.6) is 5.75 Å². The number of rotatable bonds is 16. The predicted molar refractivity (Wildman–Crippen MR) is 133 cm³/mol. The molecular weight excluding hydrogens is 396 g/mol. The number of esters is 1. The molecule has 0 aliphatic rings. The molecule has 0 saturated heterocycles. The minimum atomic E-state index is -0.379. The van der Waals surface area contributed by atoms with Gasteiger partial charge in [0.05, 0.1) is 12.4 Å². The first-order valence-electron chi connectivity index (χ1n) is 12.5. The van der Waals surface area contributed by atoms with Crippen LogP contribution in [0.4, 0.5) is 0 Å². The van der Waals surface area contributed by atoms with Crippen LogP contribution >= 0.6 is 0 Å². The van der Waals surface area contributed by atoms with Crippen LogP contribution in [-0.4, -0.2) is 15.9 Å². The van der Waals surface area contributed by atoms with Gasteiger partial charge >= 0.3 is 5.97 Å². The van der Waals surface area contributed by atoms with E-state index in [0.717, 1.165) is 24.8 Å². The summed E-state index contributed by atoms with van der Waals surface area (Å²) < 4.78 is 5.31. The van der Waals surface area contributed by atoms with Crippen LogP contribution in [-0.2, 0) is 11.2 Å². The Morgan fingerprint density at radius 2 is 1.41 bits per heavy atom. The van der Waals surface area contributed by atoms with Crippen LogP contribution in [0, 0.1) is 0 Å². The Morgan fingerprint density at radius 3 is 2.06 bits per heavy atom. The first kappa shape index (κ1) is 25.8. The number of aromatic nitrogens is 2. The Bertz CT molecular complexity index is 782. The Kier molecular flexibility index (Phi) is 13.0. The van der Waals surface area contributed by atoms with Crippen molar-refractivity contribution in [2.75, 3.05) is 0 Å². The van der Waals surface area contributed by atoms with E-state index in [-0.39, 0.29) is 5.97 Å². The minimum absolute atomic E-state index is 0.367. The van der Waals surface area contributed by atoms with Gasteiger partial charge in [0.2, 0.25) is 0 Å². The van der Waals surface area contributed by atoms with E-state index >= 15 is 0 Å². The third kappa shape index (κ3) is 10.7. The summed E-state index contributed by atoms with van der Waals surface area (Å²) in [6, 6.07) is 8.43. The van der Waals surface area contributed by atoms with Gasteiger partial charge in [0, 0.05) is 11.6 Å². The number of benzene rings is 1. The molecule has 2 aromatic rings. The summed E-state index contributed by atoms with van der Waals surface area (Å²) in [6.45, 7) is 4.47. The summed E-state index contributed by atoms with van der Waals surface area (Å²) in [6.07, 6.45) is 22.5. The highest BCUT2D eigenvalue weighted by molar-refractivity contribution is 5.83. The van der Waals surface area contributed by atoms with Crippen molar-refractivity contribution >= 4 is 5.97 Å². The molecule has 4 heteroatoms. The van der Waals surface area contributed by atoms with Crippen molar-refractivity contribution in [1.29, 1.82) is 0 Å². The molecule has 1 aromatic heterocycles. The van der Waals surface area contributed by atoms with E-state index < -0.39 is 0 Å². The topological polar surface area (TPSA) is 52.1 Å². The fourth-order valence-electron chi connectivity index (χ4n) is 3.64. The molecule has 0 fully saturated rings. The van der Waals surface area contributed by atoms with Gasteiger partial charge in [-0.2, -0.15) is 0 Å². The van der Waals surface area contributed by atoms with Crippen LogP contribution in [0.2, 0.25) is 0 Å². The molecule has 32 heavy (non-hydrogen) atoms. The summed E-state index contributed by atoms with van der Waals surface area (Å²) in [5.41, 5.74) is 2.32. The van der Waals surface area contributed by atoms with Crippen molar-refractivity contribution in [1.82, 2.24) is 9.97 Å². The van der Waals surface area contributed by atoms with Gasteiger partial charge in [-0.3, -0.25) is 0 Å². The lowest BCUT2D eigenvalue weighted by Gasteiger charge is -2.05. The smallest absolute Gasteiger partial charge is 0.335 e. The van der Waals surface area contributed by atoms with Crippen LogP contribution in [0.25, 0.3) is 11.4 Å². The van der Waals surface area contributed by atoms with Crippen molar-refractivity contribution < 1.29 is 9.53 Å². The Labute approximate surface area is 194 Å². The van der Waals surface area contributed by atoms with Crippen LogP contribution in [0.15, 0.2) is 48.8 Å². The molecule has 0 aliphatic heterocycles. The highest BCUT2D eigenvalue weighted by Gasteiger charge is 2.05. The standard InChI is InChI=1S/C28H40N2O2/c1-3-5-7-9-10-11-13-15-17-27(31)32-26-22-29-28(30-23-26)25-20-18-24(19-21-25)16-14-12-8-6-4-2/h15,17-23H,3-14,16H2,1-2H3/b17-15+. The van der Waals surface area contributed by atoms with Gasteiger partial charge in [0.1, 0.15) is 0 Å². The number of ether oxygens (including phenoxy) is 1. The van der Waals surface area contributed by atoms with E-state index in [2.05, 4.69) is 48.1 Å². The Morgan fingerprint density at radius 1 is 0.812 bits per heavy atom. The Balaban J connectivity index is 1.72. The SMILES string of the molecule is CCCCCCCC/C=C/C(=O)Oc1cnc(-c2ccc(CCCCCCC)cc2)nc1. The predicted octanol–water partition coefficient (Wildman–Crippen LogP) is 7.87. The van der Waals surface area contributed by atoms with Crippen LogP contribution in [0.1, 0.15) is 96.5 Å². The van der Waals surface area contributed by atoms with Crippen molar-refractivity contribution in [2.24, 2.45) is 0 Å². The van der Waals surface area contributed by atoms with Crippen LogP contribution < -0.4 is 4.74 Å². The fraction of sp³-hybridized carbons (Fsp3) is 0.536. The number of hydrogen-bond donors (Lipinski definition) is 0. The molecular formula is C28H40N2O2. The van der Waals surface area contributed by atoms with E-state index in [1.807, 2.05) is 6.08 Å². The largest absolute Gasteiger partial charge is 0.420 e. The number of carbonyl (C=O) groups is 1. The maximum absolute atomic E-state index is 12.0. The lowest BCUT2D eigenvalue weighted by molar-refractivity contribution is -0.129. The van der Waals surface area contributed by atoms with E-state index in [1.54, 1.807) is 12.4 Å². The van der Waals surface area contributed by atoms with Gasteiger partial charge in [-0.15, -0.1) is 0 Å². The second-order valence-electron chi connectivity index (χ2n) is 8.48. The lowest BCUT2D eigenvalue weighted by Crippen LogP contribution is -2.04. The molecule has 1 heterocycles. The summed E-state index contributed by atoms with van der Waals surface area (Å²) in [5, 5.41) is 0. The highest BCUT2D eigenvalue weighted by Crippen LogP contribution is 2.19. The first-order chi connectivity index (χ1) is 15.7. The van der Waals surface area contributed by atoms with Gasteiger partial charge in [-0.1, -0.05) is 102 Å². The number of carbonyl (C=O) groups excluding carboxylic acids is 1. The van der Waals surface area contributed by atoms with E-state index in [9.17, 15) is 4.79 Å². The second kappa shape index (κ2) is 16.2. The average Bonchev–Trinajstić information content (AvgIpc) is 2.82. The molecule has 0 amide bonds. The van der Waals surface area contributed by atoms with Crippen molar-refractivity contribution in [3.63, 3.8) is 0 Å². The van der Waals surface area contributed by atoms with E-state index in [1.165, 1.54) is 75.8 Å². The molecule has 0 bridgehead atoms. The third-order valence-corrected chi connectivity index (χ3v) is 5.61. The zero-order valence-electron chi connectivity index (χ0n) is 20.0. The van der Waals surface area contributed by atoms with E-state index in [0.29, 0.717) is 11.6 Å². The molecule has 0 radical (unpaired) electrons. The minimum Gasteiger partial charge on any atom is -0.420 e. The summed E-state index contributed by atoms with van der Waals surface area (Å²) in [7, 11) is 0. The molecule has 4 nitrogen and oxygen atoms in total. The molecule has 0 atom stereocenters. The molecule has 1 aromatic carbocycles. The highest BCUT2D eigenvalue weighted by atomic mass is 16.5. The first-order valence-corrected chi connectivity index (χ1v) is 12.5. The number of allylic oxidation sites excluding steroid dienone is 1. The van der Waals surface area contributed by atoms with Gasteiger partial charge in [0.25, 0.3) is 0 Å². The van der Waals surface area contributed by atoms with E-state index in [4.69, 9.17) is 4.74 Å². The number of hydrogen-bond acceptors (Lipinski definition) is 4. The molecule has 174 valence electrons. The second-order valence-corrected chi connectivity index (χ2v) is 8.48. The maximum Gasteiger partial charge on any atom is 0.335 e. The molecule has 2 rings (SSSR count). The third-order valence-electron chi connectivity index (χ3n) is 5.61. The molecule has 0 unspecified atom stereocenters. The number of nitrogens with zero attached hydrogens (tertiary/aromatic N) is 2. The van der Waals surface area contributed by atoms with Crippen molar-refractivity contribution in [3.05, 3.63) is 54.4 Å². The van der Waals surface area contributed by atoms with Crippen molar-refractivity contribution in [2.45, 2.75) is 97.3 Å². The van der Waals surface area contributed by atoms with Gasteiger partial charge in [0.15, 0.2) is 11.6 Å². The monoisotopic (exact) mass is 436 g/mol. The molecule has 0 aliphatic carbocycles. The normalized spacial score (nSPS) is 11.2. The maximum atomic E-state index is 12.0. The summed E-state index contributed by atoms with van der Waals surface area (Å²) in [4.78, 5) is 20.7. The zero-order chi connectivity index (χ0) is 22.9. The van der Waals surface area contributed by atoms with Crippen LogP contribution in [0.3, 0.4) is 0 Å². The fourth-order valence-corrected chi connectivity index (χ4v) is 3.64. The van der Waals surface area contributed by atoms with Gasteiger partial charge in [-0.25, -0.2) is 14.8 Å². The Hall–Kier alpha value is -2.49. The van der Waals surface area contributed by atoms with Gasteiger partial charge in [-0.05, 0) is 31.2 Å². The summed E-state index contributed by atoms with van der Waals surface area (Å²) >= 11 is 0. The lowest BCUT2D eigenvalue weighted by atomic mass is 10.0. The van der Waals surface area contributed by atoms with Gasteiger partial charge < -0.3 is 4.74 Å². The number of unbranched alkanes of at least 4 members (excludes halogenated alkanes) is 10. The quantitative estimate of drug-likeness (QED) is 0.153. The average molecular weight is 437 g/mol. The molecule has 0 saturated carbocycles. The zero-order valence-corrected chi connectivity index (χ0v) is 20.0. The van der Waals surface area contributed by atoms with Crippen molar-refractivity contribution in [3.8, 4) is 17.1 Å². The molecule has 0 N–H and O–H groups in total.